The average Bonchev–Trinajstić information content (AvgIpc) is 2.45. The summed E-state index contributed by atoms with van der Waals surface area (Å²) in [4.78, 5) is -0.306. The van der Waals surface area contributed by atoms with Crippen molar-refractivity contribution >= 4 is 9.84 Å². The van der Waals surface area contributed by atoms with Gasteiger partial charge in [-0.3, -0.25) is 0 Å². The molecule has 1 rings (SSSR count). The maximum absolute atomic E-state index is 12.7. The Hall–Kier alpha value is -1.05. The first-order chi connectivity index (χ1) is 9.93. The summed E-state index contributed by atoms with van der Waals surface area (Å²) < 4.78 is 54.0. The minimum atomic E-state index is -4.59. The SMILES string of the molecule is CCCNC(COC)Cc1ccccc1S(=O)(=O)C(F)F. The third kappa shape index (κ3) is 5.01. The number of hydrogen-bond acceptors (Lipinski definition) is 4. The second kappa shape index (κ2) is 8.41. The Morgan fingerprint density at radius 1 is 1.29 bits per heavy atom. The number of rotatable bonds is 9. The van der Waals surface area contributed by atoms with Crippen LogP contribution in [0.15, 0.2) is 29.2 Å². The molecule has 0 aliphatic rings. The number of hydrogen-bond donors (Lipinski definition) is 1. The second-order valence-corrected chi connectivity index (χ2v) is 6.61. The molecule has 0 saturated carbocycles. The molecule has 21 heavy (non-hydrogen) atoms. The van der Waals surface area contributed by atoms with Gasteiger partial charge < -0.3 is 10.1 Å². The molecule has 1 atom stereocenters. The van der Waals surface area contributed by atoms with Gasteiger partial charge in [-0.15, -0.1) is 0 Å². The third-order valence-corrected chi connectivity index (χ3v) is 4.51. The van der Waals surface area contributed by atoms with Crippen LogP contribution in [0.2, 0.25) is 0 Å². The summed E-state index contributed by atoms with van der Waals surface area (Å²) in [5, 5.41) is 3.22. The molecule has 0 saturated heterocycles. The fraction of sp³-hybridized carbons (Fsp3) is 0.571. The Morgan fingerprint density at radius 2 is 1.95 bits per heavy atom. The summed E-state index contributed by atoms with van der Waals surface area (Å²) in [5.41, 5.74) is 0.378. The lowest BCUT2D eigenvalue weighted by Crippen LogP contribution is -2.36. The van der Waals surface area contributed by atoms with Gasteiger partial charge in [0.05, 0.1) is 11.5 Å². The van der Waals surface area contributed by atoms with E-state index in [9.17, 15) is 17.2 Å². The van der Waals surface area contributed by atoms with Crippen LogP contribution in [-0.4, -0.2) is 40.5 Å². The van der Waals surface area contributed by atoms with Crippen molar-refractivity contribution < 1.29 is 21.9 Å². The van der Waals surface area contributed by atoms with Crippen molar-refractivity contribution in [2.24, 2.45) is 0 Å². The van der Waals surface area contributed by atoms with Crippen molar-refractivity contribution in [2.45, 2.75) is 36.5 Å². The van der Waals surface area contributed by atoms with E-state index in [1.807, 2.05) is 6.92 Å². The first-order valence-corrected chi connectivity index (χ1v) is 8.30. The first kappa shape index (κ1) is 18.0. The smallest absolute Gasteiger partial charge is 0.341 e. The molecule has 0 aromatic heterocycles. The predicted molar refractivity (Wildman–Crippen MR) is 77.3 cm³/mol. The fourth-order valence-electron chi connectivity index (χ4n) is 2.05. The van der Waals surface area contributed by atoms with E-state index in [1.54, 1.807) is 19.2 Å². The highest BCUT2D eigenvalue weighted by Gasteiger charge is 2.29. The highest BCUT2D eigenvalue weighted by atomic mass is 32.2. The van der Waals surface area contributed by atoms with Crippen LogP contribution in [0.4, 0.5) is 8.78 Å². The van der Waals surface area contributed by atoms with Gasteiger partial charge in [0.15, 0.2) is 0 Å². The van der Waals surface area contributed by atoms with Gasteiger partial charge in [0.1, 0.15) is 0 Å². The maximum atomic E-state index is 12.7. The van der Waals surface area contributed by atoms with Crippen LogP contribution in [0.3, 0.4) is 0 Å². The number of sulfone groups is 1. The molecule has 0 spiro atoms. The minimum absolute atomic E-state index is 0.121. The van der Waals surface area contributed by atoms with E-state index in [0.717, 1.165) is 13.0 Å². The van der Waals surface area contributed by atoms with Crippen LogP contribution in [0.5, 0.6) is 0 Å². The Bertz CT molecular complexity index is 535. The minimum Gasteiger partial charge on any atom is -0.383 e. The molecule has 1 aromatic carbocycles. The van der Waals surface area contributed by atoms with E-state index in [4.69, 9.17) is 4.74 Å². The average molecular weight is 321 g/mol. The van der Waals surface area contributed by atoms with Gasteiger partial charge >= 0.3 is 5.76 Å². The van der Waals surface area contributed by atoms with Crippen LogP contribution in [-0.2, 0) is 21.0 Å². The summed E-state index contributed by atoms with van der Waals surface area (Å²) in [5.74, 6) is -3.41. The monoisotopic (exact) mass is 321 g/mol. The van der Waals surface area contributed by atoms with Crippen LogP contribution in [0, 0.1) is 0 Å². The second-order valence-electron chi connectivity index (χ2n) is 4.72. The molecule has 0 heterocycles. The largest absolute Gasteiger partial charge is 0.383 e. The molecular formula is C14H21F2NO3S. The number of methoxy groups -OCH3 is 1. The molecule has 1 aromatic rings. The van der Waals surface area contributed by atoms with Crippen LogP contribution in [0.1, 0.15) is 18.9 Å². The van der Waals surface area contributed by atoms with Gasteiger partial charge in [0, 0.05) is 13.2 Å². The van der Waals surface area contributed by atoms with Crippen molar-refractivity contribution in [3.8, 4) is 0 Å². The zero-order valence-corrected chi connectivity index (χ0v) is 13.0. The van der Waals surface area contributed by atoms with Crippen molar-refractivity contribution in [1.82, 2.24) is 5.32 Å². The Kier molecular flexibility index (Phi) is 7.21. The Labute approximate surface area is 124 Å². The molecular weight excluding hydrogens is 300 g/mol. The van der Waals surface area contributed by atoms with Crippen LogP contribution >= 0.6 is 0 Å². The van der Waals surface area contributed by atoms with E-state index in [2.05, 4.69) is 5.32 Å². The summed E-state index contributed by atoms with van der Waals surface area (Å²) >= 11 is 0. The van der Waals surface area contributed by atoms with E-state index < -0.39 is 15.6 Å². The topological polar surface area (TPSA) is 55.4 Å². The van der Waals surface area contributed by atoms with Crippen molar-refractivity contribution in [3.05, 3.63) is 29.8 Å². The molecule has 0 radical (unpaired) electrons. The van der Waals surface area contributed by atoms with Gasteiger partial charge in [0.2, 0.25) is 9.84 Å². The quantitative estimate of drug-likeness (QED) is 0.758. The summed E-state index contributed by atoms with van der Waals surface area (Å²) in [6.07, 6.45) is 1.23. The molecule has 0 aliphatic heterocycles. The van der Waals surface area contributed by atoms with Gasteiger partial charge in [-0.2, -0.15) is 8.78 Å². The van der Waals surface area contributed by atoms with Crippen molar-refractivity contribution in [2.75, 3.05) is 20.3 Å². The zero-order valence-electron chi connectivity index (χ0n) is 12.2. The highest BCUT2D eigenvalue weighted by Crippen LogP contribution is 2.23. The summed E-state index contributed by atoms with van der Waals surface area (Å²) in [6, 6.07) is 5.75. The molecule has 120 valence electrons. The zero-order chi connectivity index (χ0) is 15.9. The first-order valence-electron chi connectivity index (χ1n) is 6.75. The van der Waals surface area contributed by atoms with Gasteiger partial charge in [-0.05, 0) is 31.0 Å². The van der Waals surface area contributed by atoms with Gasteiger partial charge in [-0.25, -0.2) is 8.42 Å². The third-order valence-electron chi connectivity index (χ3n) is 3.03. The number of benzene rings is 1. The number of alkyl halides is 2. The number of halogens is 2. The van der Waals surface area contributed by atoms with Crippen LogP contribution < -0.4 is 5.32 Å². The number of ether oxygens (including phenoxy) is 1. The van der Waals surface area contributed by atoms with E-state index in [0.29, 0.717) is 18.6 Å². The standard InChI is InChI=1S/C14H21F2NO3S/c1-3-8-17-12(10-20-2)9-11-6-4-5-7-13(11)21(18,19)14(15)16/h4-7,12,14,17H,3,8-10H2,1-2H3. The lowest BCUT2D eigenvalue weighted by molar-refractivity contribution is 0.166. The highest BCUT2D eigenvalue weighted by molar-refractivity contribution is 7.91. The van der Waals surface area contributed by atoms with Gasteiger partial charge in [0.25, 0.3) is 0 Å². The molecule has 7 heteroatoms. The van der Waals surface area contributed by atoms with E-state index in [-0.39, 0.29) is 10.9 Å². The Balaban J connectivity index is 3.02. The lowest BCUT2D eigenvalue weighted by atomic mass is 10.1. The Morgan fingerprint density at radius 3 is 2.52 bits per heavy atom. The van der Waals surface area contributed by atoms with Gasteiger partial charge in [-0.1, -0.05) is 25.1 Å². The van der Waals surface area contributed by atoms with Crippen LogP contribution in [0.25, 0.3) is 0 Å². The summed E-state index contributed by atoms with van der Waals surface area (Å²) in [7, 11) is -3.05. The lowest BCUT2D eigenvalue weighted by Gasteiger charge is -2.19. The number of nitrogens with one attached hydrogen (secondary N) is 1. The normalized spacial score (nSPS) is 13.6. The molecule has 0 bridgehead atoms. The molecule has 1 unspecified atom stereocenters. The molecule has 1 N–H and O–H groups in total. The van der Waals surface area contributed by atoms with E-state index in [1.165, 1.54) is 12.1 Å². The molecule has 0 amide bonds. The molecule has 0 fully saturated rings. The van der Waals surface area contributed by atoms with Crippen molar-refractivity contribution in [3.63, 3.8) is 0 Å². The fourth-order valence-corrected chi connectivity index (χ4v) is 3.03. The summed E-state index contributed by atoms with van der Waals surface area (Å²) in [6.45, 7) is 3.13. The maximum Gasteiger partial charge on any atom is 0.341 e. The van der Waals surface area contributed by atoms with Crippen molar-refractivity contribution in [1.29, 1.82) is 0 Å². The molecule has 4 nitrogen and oxygen atoms in total. The predicted octanol–water partition coefficient (Wildman–Crippen LogP) is 2.24. The molecule has 0 aliphatic carbocycles. The van der Waals surface area contributed by atoms with E-state index >= 15 is 0 Å².